The number of rotatable bonds is 3. The fourth-order valence-electron chi connectivity index (χ4n) is 2.17. The van der Waals surface area contributed by atoms with E-state index < -0.39 is 5.97 Å². The minimum absolute atomic E-state index is 0.0362. The van der Waals surface area contributed by atoms with E-state index >= 15 is 0 Å². The molecule has 0 saturated carbocycles. The van der Waals surface area contributed by atoms with Gasteiger partial charge in [-0.25, -0.2) is 0 Å². The molecule has 1 rings (SSSR count). The summed E-state index contributed by atoms with van der Waals surface area (Å²) in [6, 6.07) is 0. The summed E-state index contributed by atoms with van der Waals surface area (Å²) in [7, 11) is 0. The van der Waals surface area contributed by atoms with Gasteiger partial charge in [0, 0.05) is 31.7 Å². The second-order valence-corrected chi connectivity index (χ2v) is 5.78. The van der Waals surface area contributed by atoms with E-state index in [1.54, 1.807) is 0 Å². The Labute approximate surface area is 98.0 Å². The number of nitrogens with one attached hydrogen (secondary N) is 1. The molecule has 1 unspecified atom stereocenters. The van der Waals surface area contributed by atoms with Crippen molar-refractivity contribution in [2.45, 2.75) is 33.2 Å². The summed E-state index contributed by atoms with van der Waals surface area (Å²) < 4.78 is 0. The fourth-order valence-corrected chi connectivity index (χ4v) is 2.17. The van der Waals surface area contributed by atoms with Crippen molar-refractivity contribution in [3.8, 4) is 0 Å². The molecule has 0 amide bonds. The lowest BCUT2D eigenvalue weighted by Gasteiger charge is -2.38. The third-order valence-electron chi connectivity index (χ3n) is 3.18. The van der Waals surface area contributed by atoms with Gasteiger partial charge in [-0.05, 0) is 19.8 Å². The van der Waals surface area contributed by atoms with Crippen LogP contribution in [-0.4, -0.2) is 47.7 Å². The first-order valence-electron chi connectivity index (χ1n) is 6.01. The molecule has 1 saturated heterocycles. The Morgan fingerprint density at radius 2 is 2.19 bits per heavy atom. The van der Waals surface area contributed by atoms with Crippen LogP contribution < -0.4 is 5.32 Å². The van der Waals surface area contributed by atoms with E-state index in [2.05, 4.69) is 37.9 Å². The molecule has 4 nitrogen and oxygen atoms in total. The lowest BCUT2D eigenvalue weighted by atomic mass is 10.00. The summed E-state index contributed by atoms with van der Waals surface area (Å²) in [6.45, 7) is 11.7. The first-order valence-corrected chi connectivity index (χ1v) is 6.01. The van der Waals surface area contributed by atoms with Gasteiger partial charge in [-0.15, -0.1) is 0 Å². The zero-order valence-corrected chi connectivity index (χ0v) is 10.8. The summed E-state index contributed by atoms with van der Waals surface area (Å²) >= 11 is 0. The monoisotopic (exact) mass is 228 g/mol. The maximum atomic E-state index is 11.1. The van der Waals surface area contributed by atoms with E-state index in [9.17, 15) is 4.79 Å². The van der Waals surface area contributed by atoms with Gasteiger partial charge in [0.25, 0.3) is 0 Å². The largest absolute Gasteiger partial charge is 0.481 e. The SMILES string of the molecule is CC(C)CN1CC(C(=O)O)CNCC1(C)C. The average Bonchev–Trinajstić information content (AvgIpc) is 2.25. The highest BCUT2D eigenvalue weighted by Crippen LogP contribution is 2.20. The van der Waals surface area contributed by atoms with Gasteiger partial charge < -0.3 is 10.4 Å². The van der Waals surface area contributed by atoms with Crippen LogP contribution >= 0.6 is 0 Å². The van der Waals surface area contributed by atoms with Crippen LogP contribution in [0.1, 0.15) is 27.7 Å². The first-order chi connectivity index (χ1) is 7.33. The molecule has 0 aromatic heterocycles. The van der Waals surface area contributed by atoms with Crippen LogP contribution in [0.4, 0.5) is 0 Å². The van der Waals surface area contributed by atoms with Crippen molar-refractivity contribution >= 4 is 5.97 Å². The summed E-state index contributed by atoms with van der Waals surface area (Å²) in [5, 5.41) is 12.4. The lowest BCUT2D eigenvalue weighted by molar-refractivity contribution is -0.142. The molecule has 0 aliphatic carbocycles. The van der Waals surface area contributed by atoms with E-state index in [4.69, 9.17) is 5.11 Å². The zero-order chi connectivity index (χ0) is 12.3. The molecule has 1 aliphatic heterocycles. The molecule has 1 atom stereocenters. The van der Waals surface area contributed by atoms with Crippen molar-refractivity contribution in [3.05, 3.63) is 0 Å². The van der Waals surface area contributed by atoms with Gasteiger partial charge >= 0.3 is 5.97 Å². The Balaban J connectivity index is 2.75. The molecule has 16 heavy (non-hydrogen) atoms. The summed E-state index contributed by atoms with van der Waals surface area (Å²) in [6.07, 6.45) is 0. The number of carbonyl (C=O) groups is 1. The maximum absolute atomic E-state index is 11.1. The van der Waals surface area contributed by atoms with Crippen LogP contribution in [0.2, 0.25) is 0 Å². The van der Waals surface area contributed by atoms with E-state index in [1.165, 1.54) is 0 Å². The lowest BCUT2D eigenvalue weighted by Crippen LogP contribution is -2.50. The van der Waals surface area contributed by atoms with Gasteiger partial charge in [-0.1, -0.05) is 13.8 Å². The van der Waals surface area contributed by atoms with Crippen LogP contribution in [0.3, 0.4) is 0 Å². The van der Waals surface area contributed by atoms with E-state index in [-0.39, 0.29) is 11.5 Å². The number of carboxylic acids is 1. The molecule has 1 fully saturated rings. The Bertz CT molecular complexity index is 251. The van der Waals surface area contributed by atoms with Gasteiger partial charge in [0.05, 0.1) is 5.92 Å². The molecule has 0 aromatic rings. The van der Waals surface area contributed by atoms with Gasteiger partial charge in [0.2, 0.25) is 0 Å². The molecule has 94 valence electrons. The minimum atomic E-state index is -0.695. The number of carboxylic acid groups (broad SMARTS) is 1. The minimum Gasteiger partial charge on any atom is -0.481 e. The second-order valence-electron chi connectivity index (χ2n) is 5.78. The standard InChI is InChI=1S/C12H24N2O2/c1-9(2)6-14-7-10(11(15)16)5-13-8-12(14,3)4/h9-10,13H,5-8H2,1-4H3,(H,15,16). The van der Waals surface area contributed by atoms with Crippen molar-refractivity contribution in [2.24, 2.45) is 11.8 Å². The van der Waals surface area contributed by atoms with E-state index in [0.29, 0.717) is 19.0 Å². The third-order valence-corrected chi connectivity index (χ3v) is 3.18. The predicted octanol–water partition coefficient (Wildman–Crippen LogP) is 1.03. The van der Waals surface area contributed by atoms with Crippen LogP contribution in [0.15, 0.2) is 0 Å². The Kier molecular flexibility index (Phi) is 4.33. The molecule has 0 radical (unpaired) electrons. The smallest absolute Gasteiger partial charge is 0.309 e. The van der Waals surface area contributed by atoms with Crippen molar-refractivity contribution in [3.63, 3.8) is 0 Å². The molecular formula is C12H24N2O2. The highest BCUT2D eigenvalue weighted by atomic mass is 16.4. The number of hydrogen-bond acceptors (Lipinski definition) is 3. The Morgan fingerprint density at radius 3 is 2.69 bits per heavy atom. The van der Waals surface area contributed by atoms with Crippen molar-refractivity contribution < 1.29 is 9.90 Å². The second kappa shape index (κ2) is 5.15. The fraction of sp³-hybridized carbons (Fsp3) is 0.917. The molecule has 2 N–H and O–H groups in total. The number of hydrogen-bond donors (Lipinski definition) is 2. The van der Waals surface area contributed by atoms with Gasteiger partial charge in [-0.2, -0.15) is 0 Å². The van der Waals surface area contributed by atoms with Crippen molar-refractivity contribution in [2.75, 3.05) is 26.2 Å². The number of aliphatic carboxylic acids is 1. The molecule has 1 heterocycles. The maximum Gasteiger partial charge on any atom is 0.309 e. The Hall–Kier alpha value is -0.610. The normalized spacial score (nSPS) is 26.7. The van der Waals surface area contributed by atoms with Crippen molar-refractivity contribution in [1.29, 1.82) is 0 Å². The summed E-state index contributed by atoms with van der Waals surface area (Å²) in [5.41, 5.74) is 0.0362. The van der Waals surface area contributed by atoms with Gasteiger partial charge in [0.15, 0.2) is 0 Å². The average molecular weight is 228 g/mol. The van der Waals surface area contributed by atoms with E-state index in [1.807, 2.05) is 0 Å². The molecule has 0 bridgehead atoms. The highest BCUT2D eigenvalue weighted by Gasteiger charge is 2.34. The van der Waals surface area contributed by atoms with E-state index in [0.717, 1.165) is 13.1 Å². The van der Waals surface area contributed by atoms with Crippen LogP contribution in [0.25, 0.3) is 0 Å². The van der Waals surface area contributed by atoms with Crippen LogP contribution in [-0.2, 0) is 4.79 Å². The van der Waals surface area contributed by atoms with Crippen LogP contribution in [0, 0.1) is 11.8 Å². The third kappa shape index (κ3) is 3.46. The van der Waals surface area contributed by atoms with Gasteiger partial charge in [0.1, 0.15) is 0 Å². The summed E-state index contributed by atoms with van der Waals surface area (Å²) in [5.74, 6) is -0.425. The van der Waals surface area contributed by atoms with Crippen molar-refractivity contribution in [1.82, 2.24) is 10.2 Å². The quantitative estimate of drug-likeness (QED) is 0.757. The first kappa shape index (κ1) is 13.5. The number of nitrogens with zero attached hydrogens (tertiary/aromatic N) is 1. The predicted molar refractivity (Wildman–Crippen MR) is 64.5 cm³/mol. The summed E-state index contributed by atoms with van der Waals surface area (Å²) in [4.78, 5) is 13.4. The highest BCUT2D eigenvalue weighted by molar-refractivity contribution is 5.70. The molecular weight excluding hydrogens is 204 g/mol. The zero-order valence-electron chi connectivity index (χ0n) is 10.8. The molecule has 1 aliphatic rings. The molecule has 4 heteroatoms. The van der Waals surface area contributed by atoms with Gasteiger partial charge in [-0.3, -0.25) is 9.69 Å². The molecule has 0 aromatic carbocycles. The molecule has 0 spiro atoms. The van der Waals surface area contributed by atoms with Crippen LogP contribution in [0.5, 0.6) is 0 Å². The Morgan fingerprint density at radius 1 is 1.56 bits per heavy atom. The topological polar surface area (TPSA) is 52.6 Å².